The van der Waals surface area contributed by atoms with E-state index in [2.05, 4.69) is 26.6 Å². The minimum atomic E-state index is -0.162. The molecule has 4 aromatic carbocycles. The number of fused-ring (bicyclic) bond motifs is 3. The lowest BCUT2D eigenvalue weighted by Crippen LogP contribution is -2.38. The maximum atomic E-state index is 11.9. The van der Waals surface area contributed by atoms with Crippen LogP contribution in [-0.4, -0.2) is 36.7 Å². The third-order valence-electron chi connectivity index (χ3n) is 6.46. The maximum Gasteiger partial charge on any atom is 0.255 e. The first-order valence-electron chi connectivity index (χ1n) is 12.7. The molecule has 3 aliphatic rings. The second-order valence-corrected chi connectivity index (χ2v) is 9.06. The number of amides is 3. The fourth-order valence-electron chi connectivity index (χ4n) is 4.45. The first kappa shape index (κ1) is 26.2. The third-order valence-corrected chi connectivity index (χ3v) is 6.46. The van der Waals surface area contributed by atoms with Gasteiger partial charge in [0.15, 0.2) is 5.78 Å². The monoisotopic (exact) mass is 533 g/mol. The highest BCUT2D eigenvalue weighted by molar-refractivity contribution is 6.13. The van der Waals surface area contributed by atoms with Gasteiger partial charge in [0.2, 0.25) is 0 Å². The van der Waals surface area contributed by atoms with E-state index in [-0.39, 0.29) is 36.2 Å². The van der Waals surface area contributed by atoms with Crippen LogP contribution in [0.25, 0.3) is 0 Å². The summed E-state index contributed by atoms with van der Waals surface area (Å²) in [7, 11) is 0. The van der Waals surface area contributed by atoms with Crippen molar-refractivity contribution in [2.45, 2.75) is 6.17 Å². The van der Waals surface area contributed by atoms with E-state index in [0.717, 1.165) is 22.5 Å². The van der Waals surface area contributed by atoms with Gasteiger partial charge in [0.05, 0.1) is 29.9 Å². The second kappa shape index (κ2) is 12.0. The van der Waals surface area contributed by atoms with Gasteiger partial charge in [-0.25, -0.2) is 0 Å². The Morgan fingerprint density at radius 2 is 1.02 bits per heavy atom. The van der Waals surface area contributed by atoms with Crippen LogP contribution < -0.4 is 26.6 Å². The van der Waals surface area contributed by atoms with Gasteiger partial charge in [0.25, 0.3) is 17.7 Å². The minimum Gasteiger partial charge on any atom is -0.367 e. The molecule has 0 fully saturated rings. The molecule has 0 saturated carbocycles. The molecule has 0 spiro atoms. The lowest BCUT2D eigenvalue weighted by Gasteiger charge is -2.28. The van der Waals surface area contributed by atoms with Crippen molar-refractivity contribution in [3.63, 3.8) is 0 Å². The molecule has 3 heterocycles. The van der Waals surface area contributed by atoms with E-state index in [1.54, 1.807) is 30.3 Å². The van der Waals surface area contributed by atoms with Crippen LogP contribution in [0.5, 0.6) is 0 Å². The molecule has 1 atom stereocenters. The van der Waals surface area contributed by atoms with Crippen LogP contribution in [0.3, 0.4) is 0 Å². The van der Waals surface area contributed by atoms with Gasteiger partial charge < -0.3 is 26.6 Å². The smallest absolute Gasteiger partial charge is 0.255 e. The first-order valence-corrected chi connectivity index (χ1v) is 12.7. The zero-order chi connectivity index (χ0) is 27.9. The van der Waals surface area contributed by atoms with E-state index in [9.17, 15) is 19.2 Å². The van der Waals surface area contributed by atoms with Crippen molar-refractivity contribution in [1.82, 2.24) is 16.0 Å². The zero-order valence-electron chi connectivity index (χ0n) is 21.4. The minimum absolute atomic E-state index is 0.000602. The number of rotatable bonds is 1. The molecule has 9 heteroatoms. The summed E-state index contributed by atoms with van der Waals surface area (Å²) in [5, 5.41) is 14.5. The van der Waals surface area contributed by atoms with E-state index in [0.29, 0.717) is 23.4 Å². The molecule has 1 unspecified atom stereocenters. The SMILES string of the molecule is O=C1CNC(=O)c2ccccc21.O=C1NC(c2ccccc2)Nc2ccccc21.O=C1NCNc2ccccc21. The van der Waals surface area contributed by atoms with Gasteiger partial charge in [-0.2, -0.15) is 0 Å². The Morgan fingerprint density at radius 3 is 1.70 bits per heavy atom. The molecule has 4 aromatic rings. The number of nitrogens with one attached hydrogen (secondary N) is 5. The van der Waals surface area contributed by atoms with E-state index in [4.69, 9.17) is 0 Å². The fourth-order valence-corrected chi connectivity index (χ4v) is 4.45. The molecule has 3 amide bonds. The average Bonchev–Trinajstić information content (AvgIpc) is 3.01. The van der Waals surface area contributed by atoms with Crippen molar-refractivity contribution in [1.29, 1.82) is 0 Å². The van der Waals surface area contributed by atoms with E-state index < -0.39 is 0 Å². The number of Topliss-reactive ketones (excluding diaryl/α,β-unsaturated/α-hetero) is 1. The highest BCUT2D eigenvalue weighted by Crippen LogP contribution is 2.25. The van der Waals surface area contributed by atoms with Crippen molar-refractivity contribution in [3.05, 3.63) is 131 Å². The summed E-state index contributed by atoms with van der Waals surface area (Å²) in [6, 6.07) is 31.7. The Labute approximate surface area is 231 Å². The van der Waals surface area contributed by atoms with Gasteiger partial charge in [-0.3, -0.25) is 19.2 Å². The number of ketones is 1. The molecule has 0 radical (unpaired) electrons. The summed E-state index contributed by atoms with van der Waals surface area (Å²) < 4.78 is 0. The van der Waals surface area contributed by atoms with Gasteiger partial charge in [0, 0.05) is 16.9 Å². The van der Waals surface area contributed by atoms with Crippen LogP contribution >= 0.6 is 0 Å². The van der Waals surface area contributed by atoms with Crippen molar-refractivity contribution in [2.24, 2.45) is 0 Å². The molecule has 40 heavy (non-hydrogen) atoms. The first-order chi connectivity index (χ1) is 19.5. The van der Waals surface area contributed by atoms with Crippen LogP contribution in [0, 0.1) is 0 Å². The summed E-state index contributed by atoms with van der Waals surface area (Å²) in [6.07, 6.45) is -0.154. The predicted molar refractivity (Wildman–Crippen MR) is 152 cm³/mol. The molecule has 0 saturated heterocycles. The summed E-state index contributed by atoms with van der Waals surface area (Å²) in [5.74, 6) is -0.219. The Kier molecular flexibility index (Phi) is 7.82. The second-order valence-electron chi connectivity index (χ2n) is 9.06. The number of hydrogen-bond donors (Lipinski definition) is 5. The van der Waals surface area contributed by atoms with E-state index in [1.165, 1.54) is 0 Å². The lowest BCUT2D eigenvalue weighted by atomic mass is 10.00. The van der Waals surface area contributed by atoms with Gasteiger partial charge in [-0.15, -0.1) is 0 Å². The standard InChI is InChI=1S/C14H12N2O.C9H7NO2.C8H8N2O/c17-14-11-8-4-5-9-12(11)15-13(16-14)10-6-2-1-3-7-10;11-8-5-10-9(12)7-4-2-1-3-6(7)8;11-8-6-3-1-2-4-7(6)9-5-10-8/h1-9,13,15H,(H,16,17);1-4H,5H2,(H,10,12);1-4,9H,5H2,(H,10,11). The molecule has 0 aromatic heterocycles. The van der Waals surface area contributed by atoms with Gasteiger partial charge in [0.1, 0.15) is 6.17 Å². The average molecular weight is 534 g/mol. The largest absolute Gasteiger partial charge is 0.367 e. The molecule has 9 nitrogen and oxygen atoms in total. The number of hydrogen-bond acceptors (Lipinski definition) is 6. The van der Waals surface area contributed by atoms with Crippen LogP contribution in [0.4, 0.5) is 11.4 Å². The van der Waals surface area contributed by atoms with Crippen molar-refractivity contribution in [3.8, 4) is 0 Å². The van der Waals surface area contributed by atoms with Crippen LogP contribution in [-0.2, 0) is 0 Å². The molecule has 0 bridgehead atoms. The molecule has 3 aliphatic heterocycles. The predicted octanol–water partition coefficient (Wildman–Crippen LogP) is 3.95. The fraction of sp³-hybridized carbons (Fsp3) is 0.0968. The summed E-state index contributed by atoms with van der Waals surface area (Å²) in [4.78, 5) is 45.4. The number of para-hydroxylation sites is 2. The Morgan fingerprint density at radius 1 is 0.475 bits per heavy atom. The third kappa shape index (κ3) is 5.83. The lowest BCUT2D eigenvalue weighted by molar-refractivity contribution is 0.0877. The highest BCUT2D eigenvalue weighted by atomic mass is 16.2. The summed E-state index contributed by atoms with van der Waals surface area (Å²) in [6.45, 7) is 0.645. The molecule has 200 valence electrons. The van der Waals surface area contributed by atoms with Crippen LogP contribution in [0.15, 0.2) is 103 Å². The Balaban J connectivity index is 0.000000125. The Hall–Kier alpha value is -5.44. The van der Waals surface area contributed by atoms with Gasteiger partial charge in [-0.1, -0.05) is 72.8 Å². The molecule has 0 aliphatic carbocycles. The summed E-state index contributed by atoms with van der Waals surface area (Å²) in [5.41, 5.74) is 5.27. The number of carbonyl (C=O) groups excluding carboxylic acids is 4. The van der Waals surface area contributed by atoms with E-state index in [1.807, 2.05) is 72.8 Å². The number of carbonyl (C=O) groups is 4. The van der Waals surface area contributed by atoms with Crippen LogP contribution in [0.1, 0.15) is 53.2 Å². The van der Waals surface area contributed by atoms with Crippen molar-refractivity contribution >= 4 is 34.9 Å². The molecule has 7 rings (SSSR count). The van der Waals surface area contributed by atoms with Crippen molar-refractivity contribution < 1.29 is 19.2 Å². The molecular formula is C31H27N5O4. The number of anilines is 2. The highest BCUT2D eigenvalue weighted by Gasteiger charge is 2.24. The van der Waals surface area contributed by atoms with Gasteiger partial charge >= 0.3 is 0 Å². The normalized spacial score (nSPS) is 16.2. The molecular weight excluding hydrogens is 506 g/mol. The molecule has 5 N–H and O–H groups in total. The van der Waals surface area contributed by atoms with Gasteiger partial charge in [-0.05, 0) is 35.9 Å². The van der Waals surface area contributed by atoms with E-state index >= 15 is 0 Å². The van der Waals surface area contributed by atoms with Crippen LogP contribution in [0.2, 0.25) is 0 Å². The zero-order valence-corrected chi connectivity index (χ0v) is 21.4. The Bertz CT molecular complexity index is 1540. The topological polar surface area (TPSA) is 128 Å². The number of benzene rings is 4. The summed E-state index contributed by atoms with van der Waals surface area (Å²) >= 11 is 0. The van der Waals surface area contributed by atoms with Crippen molar-refractivity contribution in [2.75, 3.05) is 23.8 Å². The maximum absolute atomic E-state index is 11.9. The quantitative estimate of drug-likeness (QED) is 0.252.